The molecule has 0 spiro atoms. The van der Waals surface area contributed by atoms with Gasteiger partial charge in [-0.25, -0.2) is 4.79 Å². The van der Waals surface area contributed by atoms with E-state index >= 15 is 0 Å². The van der Waals surface area contributed by atoms with E-state index in [1.54, 1.807) is 4.90 Å². The van der Waals surface area contributed by atoms with Crippen molar-refractivity contribution in [3.63, 3.8) is 0 Å². The summed E-state index contributed by atoms with van der Waals surface area (Å²) in [5.41, 5.74) is 0.969. The first kappa shape index (κ1) is 14.5. The summed E-state index contributed by atoms with van der Waals surface area (Å²) in [5, 5.41) is 8.89. The van der Waals surface area contributed by atoms with Gasteiger partial charge in [-0.1, -0.05) is 30.3 Å². The molecular weight excluding hydrogens is 230 g/mol. The quantitative estimate of drug-likeness (QED) is 0.844. The highest BCUT2D eigenvalue weighted by Crippen LogP contribution is 2.08. The molecule has 1 rings (SSSR count). The lowest BCUT2D eigenvalue weighted by Gasteiger charge is -2.26. The summed E-state index contributed by atoms with van der Waals surface area (Å²) >= 11 is 0. The molecule has 0 saturated carbocycles. The molecule has 0 bridgehead atoms. The Balaban J connectivity index is 2.47. The second-order valence-corrected chi connectivity index (χ2v) is 4.19. The molecule has 4 nitrogen and oxygen atoms in total. The van der Waals surface area contributed by atoms with E-state index in [9.17, 15) is 4.79 Å². The van der Waals surface area contributed by atoms with Gasteiger partial charge in [-0.15, -0.1) is 0 Å². The molecule has 1 N–H and O–H groups in total. The van der Waals surface area contributed by atoms with Crippen LogP contribution < -0.4 is 0 Å². The number of hydrogen-bond donors (Lipinski definition) is 1. The molecule has 0 fully saturated rings. The monoisotopic (exact) mass is 251 g/mol. The SMILES string of the molecule is CCN(C(=O)OCc1ccccc1)C(C)CCO. The van der Waals surface area contributed by atoms with Crippen molar-refractivity contribution in [3.05, 3.63) is 35.9 Å². The van der Waals surface area contributed by atoms with Gasteiger partial charge in [-0.2, -0.15) is 0 Å². The van der Waals surface area contributed by atoms with E-state index in [0.29, 0.717) is 13.0 Å². The molecule has 18 heavy (non-hydrogen) atoms. The minimum atomic E-state index is -0.331. The Kier molecular flexibility index (Phi) is 6.22. The van der Waals surface area contributed by atoms with Gasteiger partial charge in [0.1, 0.15) is 6.61 Å². The van der Waals surface area contributed by atoms with Gasteiger partial charge in [0.25, 0.3) is 0 Å². The molecule has 0 aromatic heterocycles. The Morgan fingerprint density at radius 1 is 1.39 bits per heavy atom. The van der Waals surface area contributed by atoms with E-state index in [1.807, 2.05) is 44.2 Å². The molecule has 100 valence electrons. The van der Waals surface area contributed by atoms with Crippen LogP contribution in [0, 0.1) is 0 Å². The molecule has 1 atom stereocenters. The van der Waals surface area contributed by atoms with Gasteiger partial charge in [0.15, 0.2) is 0 Å². The first-order chi connectivity index (χ1) is 8.69. The Bertz CT molecular complexity index is 353. The van der Waals surface area contributed by atoms with Crippen molar-refractivity contribution in [1.82, 2.24) is 4.90 Å². The van der Waals surface area contributed by atoms with Gasteiger partial charge in [0.05, 0.1) is 0 Å². The molecule has 1 aromatic rings. The third-order valence-corrected chi connectivity index (χ3v) is 2.86. The van der Waals surface area contributed by atoms with Crippen LogP contribution in [-0.2, 0) is 11.3 Å². The number of aliphatic hydroxyl groups excluding tert-OH is 1. The minimum Gasteiger partial charge on any atom is -0.445 e. The molecule has 1 amide bonds. The summed E-state index contributed by atoms with van der Waals surface area (Å²) in [4.78, 5) is 13.5. The number of aliphatic hydroxyl groups is 1. The highest BCUT2D eigenvalue weighted by molar-refractivity contribution is 5.67. The maximum Gasteiger partial charge on any atom is 0.410 e. The van der Waals surface area contributed by atoms with Crippen molar-refractivity contribution >= 4 is 6.09 Å². The van der Waals surface area contributed by atoms with E-state index < -0.39 is 0 Å². The number of rotatable bonds is 6. The first-order valence-electron chi connectivity index (χ1n) is 6.27. The second-order valence-electron chi connectivity index (χ2n) is 4.19. The van der Waals surface area contributed by atoms with E-state index in [0.717, 1.165) is 5.56 Å². The van der Waals surface area contributed by atoms with Crippen LogP contribution in [0.2, 0.25) is 0 Å². The Hall–Kier alpha value is -1.55. The zero-order valence-corrected chi connectivity index (χ0v) is 11.0. The summed E-state index contributed by atoms with van der Waals surface area (Å²) in [5.74, 6) is 0. The lowest BCUT2D eigenvalue weighted by atomic mass is 10.2. The van der Waals surface area contributed by atoms with E-state index in [2.05, 4.69) is 0 Å². The number of carbonyl (C=O) groups is 1. The maximum atomic E-state index is 11.9. The Morgan fingerprint density at radius 2 is 2.06 bits per heavy atom. The van der Waals surface area contributed by atoms with Crippen LogP contribution in [0.4, 0.5) is 4.79 Å². The van der Waals surface area contributed by atoms with Crippen molar-refractivity contribution in [3.8, 4) is 0 Å². The van der Waals surface area contributed by atoms with Crippen LogP contribution >= 0.6 is 0 Å². The molecule has 1 aromatic carbocycles. The zero-order valence-electron chi connectivity index (χ0n) is 11.0. The Morgan fingerprint density at radius 3 is 2.61 bits per heavy atom. The third-order valence-electron chi connectivity index (χ3n) is 2.86. The molecule has 0 aliphatic rings. The fourth-order valence-electron chi connectivity index (χ4n) is 1.77. The number of carbonyl (C=O) groups excluding carboxylic acids is 1. The van der Waals surface area contributed by atoms with Crippen molar-refractivity contribution in [2.75, 3.05) is 13.2 Å². The maximum absolute atomic E-state index is 11.9. The molecule has 0 heterocycles. The van der Waals surface area contributed by atoms with E-state index in [4.69, 9.17) is 9.84 Å². The van der Waals surface area contributed by atoms with Crippen molar-refractivity contribution in [2.45, 2.75) is 32.9 Å². The number of amides is 1. The van der Waals surface area contributed by atoms with Gasteiger partial charge in [0, 0.05) is 19.2 Å². The van der Waals surface area contributed by atoms with Gasteiger partial charge >= 0.3 is 6.09 Å². The number of benzene rings is 1. The van der Waals surface area contributed by atoms with Crippen LogP contribution in [0.1, 0.15) is 25.8 Å². The third kappa shape index (κ3) is 4.37. The van der Waals surface area contributed by atoms with Crippen LogP contribution in [0.3, 0.4) is 0 Å². The van der Waals surface area contributed by atoms with Crippen LogP contribution in [0.15, 0.2) is 30.3 Å². The topological polar surface area (TPSA) is 49.8 Å². The van der Waals surface area contributed by atoms with E-state index in [1.165, 1.54) is 0 Å². The second kappa shape index (κ2) is 7.71. The summed E-state index contributed by atoms with van der Waals surface area (Å²) in [7, 11) is 0. The summed E-state index contributed by atoms with van der Waals surface area (Å²) in [6.45, 7) is 4.74. The van der Waals surface area contributed by atoms with Crippen LogP contribution in [0.5, 0.6) is 0 Å². The zero-order chi connectivity index (χ0) is 13.4. The average Bonchev–Trinajstić information content (AvgIpc) is 2.39. The van der Waals surface area contributed by atoms with Crippen molar-refractivity contribution in [2.24, 2.45) is 0 Å². The van der Waals surface area contributed by atoms with Gasteiger partial charge in [-0.05, 0) is 25.8 Å². The lowest BCUT2D eigenvalue weighted by molar-refractivity contribution is 0.0801. The summed E-state index contributed by atoms with van der Waals surface area (Å²) < 4.78 is 5.25. The van der Waals surface area contributed by atoms with Gasteiger partial charge < -0.3 is 14.7 Å². The predicted octanol–water partition coefficient (Wildman–Crippen LogP) is 2.42. The fourth-order valence-corrected chi connectivity index (χ4v) is 1.77. The summed E-state index contributed by atoms with van der Waals surface area (Å²) in [6.07, 6.45) is 0.233. The van der Waals surface area contributed by atoms with Gasteiger partial charge in [-0.3, -0.25) is 0 Å². The number of nitrogens with zero attached hydrogens (tertiary/aromatic N) is 1. The van der Waals surface area contributed by atoms with Crippen LogP contribution in [-0.4, -0.2) is 35.3 Å². The van der Waals surface area contributed by atoms with Gasteiger partial charge in [0.2, 0.25) is 0 Å². The van der Waals surface area contributed by atoms with Crippen molar-refractivity contribution < 1.29 is 14.6 Å². The number of ether oxygens (including phenoxy) is 1. The smallest absolute Gasteiger partial charge is 0.410 e. The molecule has 4 heteroatoms. The molecule has 1 unspecified atom stereocenters. The highest BCUT2D eigenvalue weighted by atomic mass is 16.6. The van der Waals surface area contributed by atoms with E-state index in [-0.39, 0.29) is 25.3 Å². The normalized spacial score (nSPS) is 11.9. The van der Waals surface area contributed by atoms with Crippen LogP contribution in [0.25, 0.3) is 0 Å². The fraction of sp³-hybridized carbons (Fsp3) is 0.500. The van der Waals surface area contributed by atoms with Crippen molar-refractivity contribution in [1.29, 1.82) is 0 Å². The lowest BCUT2D eigenvalue weighted by Crippen LogP contribution is -2.39. The summed E-state index contributed by atoms with van der Waals surface area (Å²) in [6, 6.07) is 9.57. The Labute approximate surface area is 108 Å². The largest absolute Gasteiger partial charge is 0.445 e. The standard InChI is InChI=1S/C14H21NO3/c1-3-15(12(2)9-10-16)14(17)18-11-13-7-5-4-6-8-13/h4-8,12,16H,3,9-11H2,1-2H3. The first-order valence-corrected chi connectivity index (χ1v) is 6.27. The molecule has 0 radical (unpaired) electrons. The average molecular weight is 251 g/mol. The number of hydrogen-bond acceptors (Lipinski definition) is 3. The minimum absolute atomic E-state index is 0.0109. The molecule has 0 aliphatic heterocycles. The predicted molar refractivity (Wildman–Crippen MR) is 70.2 cm³/mol. The molecule has 0 saturated heterocycles. The molecule has 0 aliphatic carbocycles. The highest BCUT2D eigenvalue weighted by Gasteiger charge is 2.19. The molecular formula is C14H21NO3.